The standard InChI is InChI=1S/C19H20N4O3S/c1-4-13(16(20)24)23-11(3)21-18-14(19(23)26)10(2)15(27-18)17(25)22-12-8-6-5-7-9-12/h5-9,13H,4H2,1-3H3,(H2,20,24)(H,22,25). The molecule has 140 valence electrons. The number of nitrogens with zero attached hydrogens (tertiary/aromatic N) is 2. The Morgan fingerprint density at radius 2 is 1.93 bits per heavy atom. The van der Waals surface area contributed by atoms with Crippen molar-refractivity contribution >= 4 is 39.1 Å². The highest BCUT2D eigenvalue weighted by atomic mass is 32.1. The van der Waals surface area contributed by atoms with Crippen LogP contribution in [0.3, 0.4) is 0 Å². The molecule has 0 bridgehead atoms. The zero-order valence-corrected chi connectivity index (χ0v) is 16.1. The van der Waals surface area contributed by atoms with E-state index in [4.69, 9.17) is 5.73 Å². The van der Waals surface area contributed by atoms with Crippen LogP contribution in [-0.4, -0.2) is 21.4 Å². The summed E-state index contributed by atoms with van der Waals surface area (Å²) in [5.41, 5.74) is 6.32. The minimum absolute atomic E-state index is 0.299. The van der Waals surface area contributed by atoms with Gasteiger partial charge in [-0.3, -0.25) is 19.0 Å². The third-order valence-corrected chi connectivity index (χ3v) is 5.62. The van der Waals surface area contributed by atoms with Gasteiger partial charge in [0.05, 0.1) is 10.3 Å². The zero-order chi connectivity index (χ0) is 19.7. The number of rotatable bonds is 5. The second-order valence-corrected chi connectivity index (χ2v) is 7.22. The Kier molecular flexibility index (Phi) is 5.09. The fraction of sp³-hybridized carbons (Fsp3) is 0.263. The van der Waals surface area contributed by atoms with Crippen molar-refractivity contribution in [3.05, 3.63) is 57.0 Å². The van der Waals surface area contributed by atoms with Gasteiger partial charge in [-0.15, -0.1) is 11.3 Å². The minimum Gasteiger partial charge on any atom is -0.368 e. The van der Waals surface area contributed by atoms with E-state index in [1.165, 1.54) is 4.57 Å². The number of nitrogens with one attached hydrogen (secondary N) is 1. The summed E-state index contributed by atoms with van der Waals surface area (Å²) in [5.74, 6) is -0.486. The summed E-state index contributed by atoms with van der Waals surface area (Å²) < 4.78 is 1.32. The smallest absolute Gasteiger partial charge is 0.266 e. The maximum atomic E-state index is 13.1. The van der Waals surface area contributed by atoms with E-state index in [-0.39, 0.29) is 11.5 Å². The Balaban J connectivity index is 2.12. The molecule has 1 atom stereocenters. The zero-order valence-electron chi connectivity index (χ0n) is 15.3. The van der Waals surface area contributed by atoms with Crippen molar-refractivity contribution in [2.45, 2.75) is 33.2 Å². The van der Waals surface area contributed by atoms with E-state index in [1.807, 2.05) is 18.2 Å². The van der Waals surface area contributed by atoms with E-state index < -0.39 is 11.9 Å². The largest absolute Gasteiger partial charge is 0.368 e. The van der Waals surface area contributed by atoms with Gasteiger partial charge in [-0.2, -0.15) is 0 Å². The number of carbonyl (C=O) groups is 2. The summed E-state index contributed by atoms with van der Waals surface area (Å²) in [6, 6.07) is 8.31. The van der Waals surface area contributed by atoms with Gasteiger partial charge in [0.2, 0.25) is 5.91 Å². The van der Waals surface area contributed by atoms with Crippen molar-refractivity contribution < 1.29 is 9.59 Å². The number of carbonyl (C=O) groups excluding carboxylic acids is 2. The number of primary amides is 1. The molecule has 2 aromatic heterocycles. The van der Waals surface area contributed by atoms with Gasteiger partial charge in [-0.25, -0.2) is 4.98 Å². The van der Waals surface area contributed by atoms with E-state index in [0.717, 1.165) is 11.3 Å². The molecule has 0 aliphatic rings. The molecule has 1 unspecified atom stereocenters. The summed E-state index contributed by atoms with van der Waals surface area (Å²) in [5, 5.41) is 3.17. The van der Waals surface area contributed by atoms with Crippen molar-refractivity contribution in [1.82, 2.24) is 9.55 Å². The summed E-state index contributed by atoms with van der Waals surface area (Å²) in [6.07, 6.45) is 0.383. The molecule has 0 aliphatic heterocycles. The lowest BCUT2D eigenvalue weighted by atomic mass is 10.1. The quantitative estimate of drug-likeness (QED) is 0.705. The second kappa shape index (κ2) is 7.32. The van der Waals surface area contributed by atoms with Gasteiger partial charge in [-0.1, -0.05) is 25.1 Å². The Bertz CT molecular complexity index is 1090. The van der Waals surface area contributed by atoms with Crippen LogP contribution in [-0.2, 0) is 4.79 Å². The number of benzene rings is 1. The molecule has 0 saturated carbocycles. The molecule has 0 fully saturated rings. The molecule has 27 heavy (non-hydrogen) atoms. The highest BCUT2D eigenvalue weighted by molar-refractivity contribution is 7.20. The van der Waals surface area contributed by atoms with Gasteiger partial charge in [-0.05, 0) is 38.0 Å². The molecule has 2 amide bonds. The number of fused-ring (bicyclic) bond motifs is 1. The van der Waals surface area contributed by atoms with Crippen molar-refractivity contribution in [1.29, 1.82) is 0 Å². The molecule has 2 heterocycles. The van der Waals surface area contributed by atoms with Crippen molar-refractivity contribution in [3.63, 3.8) is 0 Å². The highest BCUT2D eigenvalue weighted by Crippen LogP contribution is 2.29. The third-order valence-electron chi connectivity index (χ3n) is 4.44. The van der Waals surface area contributed by atoms with Crippen LogP contribution in [0.1, 0.15) is 40.4 Å². The van der Waals surface area contributed by atoms with Crippen LogP contribution in [0.15, 0.2) is 35.1 Å². The van der Waals surface area contributed by atoms with Crippen molar-refractivity contribution in [2.24, 2.45) is 5.73 Å². The lowest BCUT2D eigenvalue weighted by molar-refractivity contribution is -0.121. The molecule has 3 rings (SSSR count). The maximum absolute atomic E-state index is 13.1. The van der Waals surface area contributed by atoms with E-state index >= 15 is 0 Å². The Morgan fingerprint density at radius 1 is 1.26 bits per heavy atom. The number of thiophene rings is 1. The molecular formula is C19H20N4O3S. The first-order valence-corrected chi connectivity index (χ1v) is 9.34. The van der Waals surface area contributed by atoms with Crippen LogP contribution in [0.25, 0.3) is 10.2 Å². The summed E-state index contributed by atoms with van der Waals surface area (Å²) in [6.45, 7) is 5.16. The second-order valence-electron chi connectivity index (χ2n) is 6.22. The molecule has 0 radical (unpaired) electrons. The van der Waals surface area contributed by atoms with E-state index in [9.17, 15) is 14.4 Å². The van der Waals surface area contributed by atoms with Crippen LogP contribution in [0.4, 0.5) is 5.69 Å². The molecule has 3 aromatic rings. The SMILES string of the molecule is CCC(C(N)=O)n1c(C)nc2sc(C(=O)Nc3ccccc3)c(C)c2c1=O. The van der Waals surface area contributed by atoms with E-state index in [0.29, 0.717) is 38.6 Å². The fourth-order valence-corrected chi connectivity index (χ4v) is 4.21. The maximum Gasteiger partial charge on any atom is 0.266 e. The van der Waals surface area contributed by atoms with Crippen LogP contribution in [0, 0.1) is 13.8 Å². The van der Waals surface area contributed by atoms with Gasteiger partial charge in [0.15, 0.2) is 0 Å². The molecule has 8 heteroatoms. The Hall–Kier alpha value is -3.00. The van der Waals surface area contributed by atoms with E-state index in [1.54, 1.807) is 32.9 Å². The first kappa shape index (κ1) is 18.8. The number of aromatic nitrogens is 2. The number of amides is 2. The minimum atomic E-state index is -0.768. The van der Waals surface area contributed by atoms with Gasteiger partial charge in [0, 0.05) is 5.69 Å². The lowest BCUT2D eigenvalue weighted by Crippen LogP contribution is -2.35. The number of anilines is 1. The topological polar surface area (TPSA) is 107 Å². The molecule has 0 spiro atoms. The normalized spacial score (nSPS) is 12.1. The predicted molar refractivity (Wildman–Crippen MR) is 106 cm³/mol. The van der Waals surface area contributed by atoms with Crippen LogP contribution in [0.5, 0.6) is 0 Å². The fourth-order valence-electron chi connectivity index (χ4n) is 3.10. The molecule has 3 N–H and O–H groups in total. The average Bonchev–Trinajstić information content (AvgIpc) is 2.95. The molecule has 7 nitrogen and oxygen atoms in total. The lowest BCUT2D eigenvalue weighted by Gasteiger charge is -2.17. The first-order valence-electron chi connectivity index (χ1n) is 8.53. The highest BCUT2D eigenvalue weighted by Gasteiger charge is 2.25. The number of para-hydroxylation sites is 1. The van der Waals surface area contributed by atoms with Gasteiger partial charge in [0.1, 0.15) is 16.7 Å². The van der Waals surface area contributed by atoms with Gasteiger partial charge in [0.25, 0.3) is 11.5 Å². The Labute approximate surface area is 159 Å². The van der Waals surface area contributed by atoms with Crippen molar-refractivity contribution in [3.8, 4) is 0 Å². The third kappa shape index (κ3) is 3.35. The van der Waals surface area contributed by atoms with E-state index in [2.05, 4.69) is 10.3 Å². The summed E-state index contributed by atoms with van der Waals surface area (Å²) in [7, 11) is 0. The molecular weight excluding hydrogens is 364 g/mol. The van der Waals surface area contributed by atoms with Gasteiger partial charge < -0.3 is 11.1 Å². The monoisotopic (exact) mass is 384 g/mol. The number of aryl methyl sites for hydroxylation is 2. The summed E-state index contributed by atoms with van der Waals surface area (Å²) >= 11 is 1.16. The van der Waals surface area contributed by atoms with Crippen molar-refractivity contribution in [2.75, 3.05) is 5.32 Å². The average molecular weight is 384 g/mol. The predicted octanol–water partition coefficient (Wildman–Crippen LogP) is 2.76. The molecule has 0 aliphatic carbocycles. The van der Waals surface area contributed by atoms with Crippen LogP contribution in [0.2, 0.25) is 0 Å². The first-order chi connectivity index (χ1) is 12.8. The number of hydrogen-bond donors (Lipinski definition) is 2. The summed E-state index contributed by atoms with van der Waals surface area (Å²) in [4.78, 5) is 42.8. The van der Waals surface area contributed by atoms with Crippen LogP contribution < -0.4 is 16.6 Å². The van der Waals surface area contributed by atoms with Gasteiger partial charge >= 0.3 is 0 Å². The molecule has 1 aromatic carbocycles. The number of hydrogen-bond acceptors (Lipinski definition) is 5. The number of nitrogens with two attached hydrogens (primary N) is 1. The van der Waals surface area contributed by atoms with Crippen LogP contribution >= 0.6 is 11.3 Å². The Morgan fingerprint density at radius 3 is 2.52 bits per heavy atom. The molecule has 0 saturated heterocycles.